The first-order valence-corrected chi connectivity index (χ1v) is 8.38. The molecule has 140 valence electrons. The summed E-state index contributed by atoms with van der Waals surface area (Å²) < 4.78 is 39.1. The topological polar surface area (TPSA) is 58.0 Å². The highest BCUT2D eigenvalue weighted by Gasteiger charge is 2.33. The molecule has 1 heterocycles. The predicted octanol–water partition coefficient (Wildman–Crippen LogP) is 4.96. The number of alkyl halides is 3. The lowest BCUT2D eigenvalue weighted by atomic mass is 10.1. The monoisotopic (exact) mass is 393 g/mol. The maximum Gasteiger partial charge on any atom is 0.417 e. The molecule has 0 saturated carbocycles. The molecular weight excluding hydrogens is 379 g/mol. The number of hydrogen-bond donors (Lipinski definition) is 2. The van der Waals surface area contributed by atoms with Gasteiger partial charge in [-0.3, -0.25) is 0 Å². The predicted molar refractivity (Wildman–Crippen MR) is 97.4 cm³/mol. The van der Waals surface area contributed by atoms with Gasteiger partial charge in [0.25, 0.3) is 0 Å². The fourth-order valence-corrected chi connectivity index (χ4v) is 2.73. The van der Waals surface area contributed by atoms with Crippen LogP contribution in [-0.4, -0.2) is 21.6 Å². The summed E-state index contributed by atoms with van der Waals surface area (Å²) in [5, 5.41) is 12.8. The zero-order chi connectivity index (χ0) is 19.4. The first-order chi connectivity index (χ1) is 12.8. The van der Waals surface area contributed by atoms with Crippen LogP contribution in [0.5, 0.6) is 0 Å². The molecule has 1 unspecified atom stereocenters. The number of halogens is 4. The van der Waals surface area contributed by atoms with E-state index in [0.717, 1.165) is 11.6 Å². The van der Waals surface area contributed by atoms with Crippen molar-refractivity contribution in [3.63, 3.8) is 0 Å². The maximum atomic E-state index is 13.0. The number of benzene rings is 2. The second-order valence-corrected chi connectivity index (χ2v) is 6.20. The Morgan fingerprint density at radius 1 is 1.04 bits per heavy atom. The Bertz CT molecular complexity index is 920. The average molecular weight is 394 g/mol. The molecule has 0 aliphatic heterocycles. The van der Waals surface area contributed by atoms with Crippen molar-refractivity contribution in [1.82, 2.24) is 9.97 Å². The number of aliphatic hydroxyl groups is 1. The second-order valence-electron chi connectivity index (χ2n) is 5.79. The normalized spacial score (nSPS) is 12.6. The van der Waals surface area contributed by atoms with Crippen LogP contribution in [0.2, 0.25) is 5.02 Å². The Morgan fingerprint density at radius 2 is 1.78 bits per heavy atom. The number of nitrogens with zero attached hydrogens (tertiary/aromatic N) is 2. The van der Waals surface area contributed by atoms with Crippen LogP contribution in [0.15, 0.2) is 60.9 Å². The molecule has 0 aliphatic rings. The van der Waals surface area contributed by atoms with E-state index < -0.39 is 17.8 Å². The van der Waals surface area contributed by atoms with Crippen molar-refractivity contribution in [3.05, 3.63) is 77.1 Å². The molecule has 2 aromatic carbocycles. The molecule has 3 rings (SSSR count). The summed E-state index contributed by atoms with van der Waals surface area (Å²) in [4.78, 5) is 8.06. The van der Waals surface area contributed by atoms with Crippen molar-refractivity contribution < 1.29 is 18.3 Å². The number of hydrogen-bond acceptors (Lipinski definition) is 4. The third kappa shape index (κ3) is 4.75. The summed E-state index contributed by atoms with van der Waals surface area (Å²) in [6, 6.07) is 14.2. The maximum absolute atomic E-state index is 13.0. The van der Waals surface area contributed by atoms with Crippen LogP contribution in [0.25, 0.3) is 11.3 Å². The highest BCUT2D eigenvalue weighted by atomic mass is 35.5. The molecule has 0 bridgehead atoms. The van der Waals surface area contributed by atoms with Crippen molar-refractivity contribution >= 4 is 17.4 Å². The lowest BCUT2D eigenvalue weighted by molar-refractivity contribution is -0.137. The largest absolute Gasteiger partial charge is 0.417 e. The lowest BCUT2D eigenvalue weighted by Gasteiger charge is -2.13. The van der Waals surface area contributed by atoms with Gasteiger partial charge in [-0.05, 0) is 17.7 Å². The fraction of sp³-hybridized carbons (Fsp3) is 0.158. The molecule has 8 heteroatoms. The molecule has 27 heavy (non-hydrogen) atoms. The third-order valence-corrected chi connectivity index (χ3v) is 4.23. The van der Waals surface area contributed by atoms with Crippen LogP contribution in [0, 0.1) is 0 Å². The number of nitrogens with one attached hydrogen (secondary N) is 1. The zero-order valence-corrected chi connectivity index (χ0v) is 14.7. The van der Waals surface area contributed by atoms with E-state index in [2.05, 4.69) is 15.3 Å². The minimum atomic E-state index is -4.55. The molecule has 1 atom stereocenters. The first kappa shape index (κ1) is 19.1. The molecule has 4 nitrogen and oxygen atoms in total. The molecule has 0 fully saturated rings. The minimum absolute atomic E-state index is 0.189. The first-order valence-electron chi connectivity index (χ1n) is 8.00. The summed E-state index contributed by atoms with van der Waals surface area (Å²) in [5.41, 5.74) is 0.394. The van der Waals surface area contributed by atoms with Gasteiger partial charge in [0.15, 0.2) is 0 Å². The summed E-state index contributed by atoms with van der Waals surface area (Å²) in [7, 11) is 0. The van der Waals surface area contributed by atoms with Crippen molar-refractivity contribution in [2.45, 2.75) is 12.3 Å². The van der Waals surface area contributed by atoms with Gasteiger partial charge in [0.05, 0.1) is 22.4 Å². The molecule has 2 N–H and O–H groups in total. The molecule has 0 aliphatic carbocycles. The van der Waals surface area contributed by atoms with E-state index in [1.165, 1.54) is 24.5 Å². The smallest absolute Gasteiger partial charge is 0.387 e. The van der Waals surface area contributed by atoms with Gasteiger partial charge in [-0.1, -0.05) is 48.0 Å². The van der Waals surface area contributed by atoms with Crippen molar-refractivity contribution in [3.8, 4) is 11.3 Å². The lowest BCUT2D eigenvalue weighted by Crippen LogP contribution is -2.13. The van der Waals surface area contributed by atoms with Gasteiger partial charge >= 0.3 is 6.18 Å². The number of aliphatic hydroxyl groups excluding tert-OH is 1. The molecule has 1 aromatic heterocycles. The Morgan fingerprint density at radius 3 is 2.48 bits per heavy atom. The van der Waals surface area contributed by atoms with Crippen molar-refractivity contribution in [1.29, 1.82) is 0 Å². The number of rotatable bonds is 5. The van der Waals surface area contributed by atoms with Gasteiger partial charge < -0.3 is 10.4 Å². The quantitative estimate of drug-likeness (QED) is 0.643. The van der Waals surface area contributed by atoms with Crippen molar-refractivity contribution in [2.75, 3.05) is 11.9 Å². The van der Waals surface area contributed by atoms with Gasteiger partial charge in [-0.25, -0.2) is 9.97 Å². The molecular formula is C19H15ClF3N3O. The van der Waals surface area contributed by atoms with Crippen LogP contribution in [0.1, 0.15) is 17.2 Å². The molecule has 0 saturated heterocycles. The summed E-state index contributed by atoms with van der Waals surface area (Å²) in [6.45, 7) is 0.189. The van der Waals surface area contributed by atoms with Gasteiger partial charge in [-0.2, -0.15) is 13.2 Å². The van der Waals surface area contributed by atoms with E-state index >= 15 is 0 Å². The van der Waals surface area contributed by atoms with Gasteiger partial charge in [0.1, 0.15) is 12.1 Å². The van der Waals surface area contributed by atoms with E-state index in [1.807, 2.05) is 18.2 Å². The molecule has 0 spiro atoms. The highest BCUT2D eigenvalue weighted by Crippen LogP contribution is 2.37. The highest BCUT2D eigenvalue weighted by molar-refractivity contribution is 6.31. The molecule has 0 amide bonds. The van der Waals surface area contributed by atoms with Crippen molar-refractivity contribution in [2.24, 2.45) is 0 Å². The van der Waals surface area contributed by atoms with Gasteiger partial charge in [-0.15, -0.1) is 0 Å². The third-order valence-electron chi connectivity index (χ3n) is 3.90. The Kier molecular flexibility index (Phi) is 5.62. The summed E-state index contributed by atoms with van der Waals surface area (Å²) in [6.07, 6.45) is -4.06. The number of aromatic nitrogens is 2. The van der Waals surface area contributed by atoms with E-state index in [9.17, 15) is 18.3 Å². The summed E-state index contributed by atoms with van der Waals surface area (Å²) >= 11 is 5.65. The van der Waals surface area contributed by atoms with Crippen LogP contribution in [0.4, 0.5) is 19.0 Å². The SMILES string of the molecule is OC(CNc1cc(-c2ccc(Cl)c(C(F)(F)F)c2)ncn1)c1ccccc1. The van der Waals surface area contributed by atoms with E-state index in [-0.39, 0.29) is 17.1 Å². The average Bonchev–Trinajstić information content (AvgIpc) is 2.66. The van der Waals surface area contributed by atoms with Crippen LogP contribution in [0.3, 0.4) is 0 Å². The zero-order valence-electron chi connectivity index (χ0n) is 13.9. The standard InChI is InChI=1S/C19H15ClF3N3O/c20-15-7-6-13(8-14(15)19(21,22)23)16-9-18(26-11-25-16)24-10-17(27)12-4-2-1-3-5-12/h1-9,11,17,27H,10H2,(H,24,25,26). The fourth-order valence-electron chi connectivity index (χ4n) is 2.51. The Balaban J connectivity index is 1.78. The summed E-state index contributed by atoms with van der Waals surface area (Å²) in [5.74, 6) is 0.387. The Hall–Kier alpha value is -2.64. The van der Waals surface area contributed by atoms with Gasteiger partial charge in [0.2, 0.25) is 0 Å². The Labute approximate surface area is 158 Å². The number of anilines is 1. The second kappa shape index (κ2) is 7.94. The van der Waals surface area contributed by atoms with Crippen LogP contribution >= 0.6 is 11.6 Å². The van der Waals surface area contributed by atoms with E-state index in [1.54, 1.807) is 12.1 Å². The van der Waals surface area contributed by atoms with E-state index in [0.29, 0.717) is 11.5 Å². The van der Waals surface area contributed by atoms with Crippen LogP contribution in [-0.2, 0) is 6.18 Å². The van der Waals surface area contributed by atoms with Gasteiger partial charge in [0, 0.05) is 18.2 Å². The minimum Gasteiger partial charge on any atom is -0.387 e. The van der Waals surface area contributed by atoms with Crippen LogP contribution < -0.4 is 5.32 Å². The molecule has 3 aromatic rings. The van der Waals surface area contributed by atoms with E-state index in [4.69, 9.17) is 11.6 Å². The molecule has 0 radical (unpaired) electrons.